The van der Waals surface area contributed by atoms with Gasteiger partial charge in [0, 0.05) is 0 Å². The van der Waals surface area contributed by atoms with Crippen LogP contribution in [0.3, 0.4) is 0 Å². The molecule has 84 valence electrons. The van der Waals surface area contributed by atoms with Gasteiger partial charge in [0.2, 0.25) is 0 Å². The van der Waals surface area contributed by atoms with Crippen LogP contribution in [0.2, 0.25) is 0 Å². The fourth-order valence-electron chi connectivity index (χ4n) is 2.12. The summed E-state index contributed by atoms with van der Waals surface area (Å²) in [6.07, 6.45) is 4.97. The molecule has 1 aliphatic rings. The van der Waals surface area contributed by atoms with Gasteiger partial charge in [0.05, 0.1) is 0 Å². The zero-order chi connectivity index (χ0) is 10.4. The van der Waals surface area contributed by atoms with Crippen LogP contribution >= 0.6 is 0 Å². The van der Waals surface area contributed by atoms with E-state index in [0.29, 0.717) is 0 Å². The van der Waals surface area contributed by atoms with Crippen molar-refractivity contribution in [2.75, 3.05) is 32.7 Å². The molecular formula is C11H25N3. The van der Waals surface area contributed by atoms with Crippen molar-refractivity contribution in [1.82, 2.24) is 4.90 Å². The van der Waals surface area contributed by atoms with Crippen LogP contribution in [0.1, 0.15) is 32.6 Å². The topological polar surface area (TPSA) is 55.3 Å². The van der Waals surface area contributed by atoms with E-state index in [9.17, 15) is 0 Å². The van der Waals surface area contributed by atoms with E-state index in [2.05, 4.69) is 11.8 Å². The number of hydrogen-bond acceptors (Lipinski definition) is 3. The van der Waals surface area contributed by atoms with Gasteiger partial charge < -0.3 is 16.4 Å². The van der Waals surface area contributed by atoms with E-state index in [1.165, 1.54) is 45.3 Å². The average molecular weight is 199 g/mol. The molecule has 0 saturated carbocycles. The van der Waals surface area contributed by atoms with E-state index >= 15 is 0 Å². The quantitative estimate of drug-likeness (QED) is 0.688. The fourth-order valence-corrected chi connectivity index (χ4v) is 2.12. The maximum Gasteiger partial charge on any atom is -0.000748 e. The predicted molar refractivity (Wildman–Crippen MR) is 61.1 cm³/mol. The van der Waals surface area contributed by atoms with Crippen molar-refractivity contribution in [2.24, 2.45) is 16.9 Å². The van der Waals surface area contributed by atoms with E-state index in [1.54, 1.807) is 0 Å². The largest absolute Gasteiger partial charge is 0.330 e. The minimum atomic E-state index is 0.253. The number of unbranched alkanes of at least 4 members (excludes halogenated alkanes) is 1. The third kappa shape index (κ3) is 2.94. The third-order valence-electron chi connectivity index (χ3n) is 3.61. The van der Waals surface area contributed by atoms with E-state index in [4.69, 9.17) is 11.5 Å². The first-order valence-corrected chi connectivity index (χ1v) is 5.89. The Balaban J connectivity index is 2.29. The Morgan fingerprint density at radius 3 is 2.14 bits per heavy atom. The monoisotopic (exact) mass is 199 g/mol. The smallest absolute Gasteiger partial charge is 0.000748 e. The summed E-state index contributed by atoms with van der Waals surface area (Å²) in [6.45, 7) is 7.38. The molecule has 0 atom stereocenters. The molecule has 0 aliphatic carbocycles. The first-order valence-electron chi connectivity index (χ1n) is 5.89. The average Bonchev–Trinajstić information content (AvgIpc) is 2.27. The maximum atomic E-state index is 5.80. The van der Waals surface area contributed by atoms with E-state index < -0.39 is 0 Å². The van der Waals surface area contributed by atoms with Crippen molar-refractivity contribution in [2.45, 2.75) is 32.6 Å². The molecule has 0 unspecified atom stereocenters. The predicted octanol–water partition coefficient (Wildman–Crippen LogP) is 0.786. The summed E-state index contributed by atoms with van der Waals surface area (Å²) in [6, 6.07) is 0. The molecule has 4 N–H and O–H groups in total. The first-order chi connectivity index (χ1) is 6.76. The van der Waals surface area contributed by atoms with Crippen molar-refractivity contribution < 1.29 is 0 Å². The lowest BCUT2D eigenvalue weighted by atomic mass is 9.78. The molecule has 0 aromatic rings. The summed E-state index contributed by atoms with van der Waals surface area (Å²) in [5.74, 6) is 0. The van der Waals surface area contributed by atoms with Crippen molar-refractivity contribution in [3.63, 3.8) is 0 Å². The van der Waals surface area contributed by atoms with Crippen LogP contribution in [0.15, 0.2) is 0 Å². The summed E-state index contributed by atoms with van der Waals surface area (Å²) >= 11 is 0. The van der Waals surface area contributed by atoms with Crippen LogP contribution in [-0.4, -0.2) is 37.6 Å². The van der Waals surface area contributed by atoms with E-state index in [0.717, 1.165) is 13.1 Å². The lowest BCUT2D eigenvalue weighted by Gasteiger charge is -2.40. The highest BCUT2D eigenvalue weighted by molar-refractivity contribution is 4.87. The van der Waals surface area contributed by atoms with Crippen molar-refractivity contribution >= 4 is 0 Å². The van der Waals surface area contributed by atoms with Crippen molar-refractivity contribution in [3.05, 3.63) is 0 Å². The zero-order valence-electron chi connectivity index (χ0n) is 9.47. The Bertz CT molecular complexity index is 145. The molecule has 1 aliphatic heterocycles. The van der Waals surface area contributed by atoms with Crippen LogP contribution in [-0.2, 0) is 0 Å². The van der Waals surface area contributed by atoms with Gasteiger partial charge in [0.15, 0.2) is 0 Å². The SMILES string of the molecule is CCCCN1CCC(CN)(CN)CC1. The second-order valence-electron chi connectivity index (χ2n) is 4.60. The number of rotatable bonds is 5. The number of nitrogens with two attached hydrogens (primary N) is 2. The molecule has 3 nitrogen and oxygen atoms in total. The normalized spacial score (nSPS) is 22.5. The first kappa shape index (κ1) is 12.0. The van der Waals surface area contributed by atoms with Gasteiger partial charge in [0.1, 0.15) is 0 Å². The van der Waals surface area contributed by atoms with Gasteiger partial charge in [0.25, 0.3) is 0 Å². The summed E-state index contributed by atoms with van der Waals surface area (Å²) in [5.41, 5.74) is 11.8. The van der Waals surface area contributed by atoms with Gasteiger partial charge in [-0.25, -0.2) is 0 Å². The van der Waals surface area contributed by atoms with Crippen LogP contribution in [0, 0.1) is 5.41 Å². The highest BCUT2D eigenvalue weighted by Crippen LogP contribution is 2.28. The molecular weight excluding hydrogens is 174 g/mol. The Labute approximate surface area is 87.8 Å². The molecule has 0 aromatic carbocycles. The Morgan fingerprint density at radius 1 is 1.14 bits per heavy atom. The minimum absolute atomic E-state index is 0.253. The second kappa shape index (κ2) is 5.69. The molecule has 0 spiro atoms. The van der Waals surface area contributed by atoms with Gasteiger partial charge in [-0.2, -0.15) is 0 Å². The second-order valence-corrected chi connectivity index (χ2v) is 4.60. The molecule has 3 heteroatoms. The molecule has 0 bridgehead atoms. The van der Waals surface area contributed by atoms with Crippen LogP contribution in [0.25, 0.3) is 0 Å². The highest BCUT2D eigenvalue weighted by atomic mass is 15.1. The van der Waals surface area contributed by atoms with Gasteiger partial charge >= 0.3 is 0 Å². The summed E-state index contributed by atoms with van der Waals surface area (Å²) in [5, 5.41) is 0. The van der Waals surface area contributed by atoms with E-state index in [-0.39, 0.29) is 5.41 Å². The summed E-state index contributed by atoms with van der Waals surface area (Å²) in [7, 11) is 0. The molecule has 14 heavy (non-hydrogen) atoms. The van der Waals surface area contributed by atoms with Crippen LogP contribution in [0.5, 0.6) is 0 Å². The van der Waals surface area contributed by atoms with Crippen molar-refractivity contribution in [1.29, 1.82) is 0 Å². The molecule has 0 radical (unpaired) electrons. The standard InChI is InChI=1S/C11H25N3/c1-2-3-6-14-7-4-11(9-12,10-13)5-8-14/h2-10,12-13H2,1H3. The summed E-state index contributed by atoms with van der Waals surface area (Å²) < 4.78 is 0. The fraction of sp³-hybridized carbons (Fsp3) is 1.00. The van der Waals surface area contributed by atoms with Gasteiger partial charge in [-0.15, -0.1) is 0 Å². The highest BCUT2D eigenvalue weighted by Gasteiger charge is 2.31. The Kier molecular flexibility index (Phi) is 4.85. The maximum absolute atomic E-state index is 5.80. The van der Waals surface area contributed by atoms with E-state index in [1.807, 2.05) is 0 Å². The number of piperidine rings is 1. The molecule has 0 amide bonds. The molecule has 1 fully saturated rings. The van der Waals surface area contributed by atoms with Gasteiger partial charge in [-0.05, 0) is 57.4 Å². The molecule has 1 rings (SSSR count). The number of hydrogen-bond donors (Lipinski definition) is 2. The number of likely N-dealkylation sites (tertiary alicyclic amines) is 1. The number of nitrogens with zero attached hydrogens (tertiary/aromatic N) is 1. The lowest BCUT2D eigenvalue weighted by Crippen LogP contribution is -2.47. The van der Waals surface area contributed by atoms with Crippen LogP contribution < -0.4 is 11.5 Å². The van der Waals surface area contributed by atoms with Crippen molar-refractivity contribution in [3.8, 4) is 0 Å². The Morgan fingerprint density at radius 2 is 1.71 bits per heavy atom. The Hall–Kier alpha value is -0.120. The minimum Gasteiger partial charge on any atom is -0.330 e. The molecule has 1 saturated heterocycles. The van der Waals surface area contributed by atoms with Gasteiger partial charge in [-0.3, -0.25) is 0 Å². The zero-order valence-corrected chi connectivity index (χ0v) is 9.47. The third-order valence-corrected chi connectivity index (χ3v) is 3.61. The molecule has 0 aromatic heterocycles. The molecule has 1 heterocycles. The summed E-state index contributed by atoms with van der Waals surface area (Å²) in [4.78, 5) is 2.55. The van der Waals surface area contributed by atoms with Crippen LogP contribution in [0.4, 0.5) is 0 Å². The van der Waals surface area contributed by atoms with Gasteiger partial charge in [-0.1, -0.05) is 13.3 Å². The lowest BCUT2D eigenvalue weighted by molar-refractivity contribution is 0.115.